The maximum absolute atomic E-state index is 12.2. The summed E-state index contributed by atoms with van der Waals surface area (Å²) in [7, 11) is -0.701. The van der Waals surface area contributed by atoms with Crippen LogP contribution in [0.25, 0.3) is 0 Å². The Labute approximate surface area is 143 Å². The molecule has 0 radical (unpaired) electrons. The van der Waals surface area contributed by atoms with Crippen molar-refractivity contribution in [1.29, 1.82) is 0 Å². The van der Waals surface area contributed by atoms with Gasteiger partial charge >= 0.3 is 5.97 Å². The van der Waals surface area contributed by atoms with Crippen LogP contribution >= 0.6 is 7.92 Å². The first-order valence-electron chi connectivity index (χ1n) is 7.90. The molecule has 0 amide bonds. The summed E-state index contributed by atoms with van der Waals surface area (Å²) in [5, 5.41) is 2.43. The molecule has 0 aliphatic carbocycles. The van der Waals surface area contributed by atoms with Crippen molar-refractivity contribution in [2.24, 2.45) is 0 Å². The van der Waals surface area contributed by atoms with Crippen LogP contribution in [0.15, 0.2) is 91.0 Å². The zero-order valence-corrected chi connectivity index (χ0v) is 14.2. The minimum atomic E-state index is -0.701. The summed E-state index contributed by atoms with van der Waals surface area (Å²) >= 11 is 0. The first-order chi connectivity index (χ1) is 11.8. The lowest BCUT2D eigenvalue weighted by molar-refractivity contribution is -0.140. The topological polar surface area (TPSA) is 26.3 Å². The normalized spacial score (nSPS) is 10.5. The Morgan fingerprint density at radius 2 is 1.17 bits per heavy atom. The molecule has 0 atom stereocenters. The third-order valence-corrected chi connectivity index (χ3v) is 5.91. The van der Waals surface area contributed by atoms with Gasteiger partial charge in [-0.25, -0.2) is 0 Å². The van der Waals surface area contributed by atoms with Crippen molar-refractivity contribution >= 4 is 24.5 Å². The minimum absolute atomic E-state index is 0.180. The highest BCUT2D eigenvalue weighted by Crippen LogP contribution is 2.33. The molecule has 0 aliphatic heterocycles. The zero-order valence-electron chi connectivity index (χ0n) is 13.3. The lowest BCUT2D eigenvalue weighted by Crippen LogP contribution is -2.18. The largest absolute Gasteiger partial charge is 0.460 e. The second-order valence-corrected chi connectivity index (χ2v) is 7.55. The van der Waals surface area contributed by atoms with Gasteiger partial charge in [0.15, 0.2) is 0 Å². The number of rotatable bonds is 6. The Hall–Kier alpha value is -2.44. The van der Waals surface area contributed by atoms with Crippen LogP contribution in [-0.2, 0) is 16.0 Å². The third kappa shape index (κ3) is 4.53. The predicted octanol–water partition coefficient (Wildman–Crippen LogP) is 3.86. The van der Waals surface area contributed by atoms with E-state index in [-0.39, 0.29) is 5.97 Å². The second-order valence-electron chi connectivity index (χ2n) is 5.41. The van der Waals surface area contributed by atoms with E-state index in [0.29, 0.717) is 12.8 Å². The molecule has 3 rings (SSSR count). The van der Waals surface area contributed by atoms with Crippen molar-refractivity contribution in [3.8, 4) is 0 Å². The van der Waals surface area contributed by atoms with Gasteiger partial charge in [-0.3, -0.25) is 4.79 Å². The SMILES string of the molecule is O=C(Cc1ccccc1)OCP(c1ccccc1)c1ccccc1. The molecular formula is C21H19O2P. The van der Waals surface area contributed by atoms with Crippen LogP contribution in [0.2, 0.25) is 0 Å². The lowest BCUT2D eigenvalue weighted by Gasteiger charge is -2.18. The number of hydrogen-bond acceptors (Lipinski definition) is 2. The first-order valence-corrected chi connectivity index (χ1v) is 9.43. The summed E-state index contributed by atoms with van der Waals surface area (Å²) in [6, 6.07) is 30.2. The molecule has 0 saturated heterocycles. The molecule has 2 nitrogen and oxygen atoms in total. The second kappa shape index (κ2) is 8.42. The van der Waals surface area contributed by atoms with Crippen molar-refractivity contribution in [2.45, 2.75) is 6.42 Å². The third-order valence-electron chi connectivity index (χ3n) is 3.68. The van der Waals surface area contributed by atoms with E-state index >= 15 is 0 Å². The van der Waals surface area contributed by atoms with Gasteiger partial charge in [-0.2, -0.15) is 0 Å². The molecule has 0 fully saturated rings. The summed E-state index contributed by atoms with van der Waals surface area (Å²) in [5.41, 5.74) is 0.978. The molecule has 0 heterocycles. The Balaban J connectivity index is 1.70. The summed E-state index contributed by atoms with van der Waals surface area (Å²) in [5.74, 6) is -0.180. The molecule has 0 unspecified atom stereocenters. The van der Waals surface area contributed by atoms with Gasteiger partial charge in [-0.15, -0.1) is 0 Å². The number of carbonyl (C=O) groups is 1. The maximum Gasteiger partial charge on any atom is 0.310 e. The van der Waals surface area contributed by atoms with E-state index in [1.54, 1.807) is 0 Å². The van der Waals surface area contributed by atoms with E-state index in [4.69, 9.17) is 4.74 Å². The lowest BCUT2D eigenvalue weighted by atomic mass is 10.2. The van der Waals surface area contributed by atoms with Gasteiger partial charge in [0.2, 0.25) is 0 Å². The highest BCUT2D eigenvalue weighted by Gasteiger charge is 2.16. The summed E-state index contributed by atoms with van der Waals surface area (Å²) < 4.78 is 5.61. The average Bonchev–Trinajstić information content (AvgIpc) is 2.64. The zero-order chi connectivity index (χ0) is 16.6. The fraction of sp³-hybridized carbons (Fsp3) is 0.0952. The molecule has 120 valence electrons. The van der Waals surface area contributed by atoms with E-state index in [1.165, 1.54) is 10.6 Å². The van der Waals surface area contributed by atoms with Crippen molar-refractivity contribution in [1.82, 2.24) is 0 Å². The van der Waals surface area contributed by atoms with Crippen molar-refractivity contribution in [2.75, 3.05) is 6.35 Å². The van der Waals surface area contributed by atoms with E-state index in [1.807, 2.05) is 66.7 Å². The summed E-state index contributed by atoms with van der Waals surface area (Å²) in [6.07, 6.45) is 0.725. The number of carbonyl (C=O) groups excluding carboxylic acids is 1. The number of esters is 1. The van der Waals surface area contributed by atoms with Gasteiger partial charge in [0.05, 0.1) is 6.42 Å². The molecule has 3 aromatic rings. The standard InChI is InChI=1S/C21H19O2P/c22-21(16-18-10-4-1-5-11-18)23-17-24(19-12-6-2-7-13-19)20-14-8-3-9-15-20/h1-15H,16-17H2. The van der Waals surface area contributed by atoms with Gasteiger partial charge in [0.25, 0.3) is 0 Å². The molecule has 0 spiro atoms. The molecule has 0 aromatic heterocycles. The fourth-order valence-electron chi connectivity index (χ4n) is 2.46. The molecule has 0 aliphatic rings. The van der Waals surface area contributed by atoms with Gasteiger partial charge in [0.1, 0.15) is 6.35 Å². The molecule has 24 heavy (non-hydrogen) atoms. The van der Waals surface area contributed by atoms with Gasteiger partial charge in [-0.1, -0.05) is 91.0 Å². The van der Waals surface area contributed by atoms with Crippen LogP contribution in [0, 0.1) is 0 Å². The molecule has 0 bridgehead atoms. The van der Waals surface area contributed by atoms with E-state index in [0.717, 1.165) is 5.56 Å². The monoisotopic (exact) mass is 334 g/mol. The predicted molar refractivity (Wildman–Crippen MR) is 100 cm³/mol. The molecule has 0 saturated carbocycles. The van der Waals surface area contributed by atoms with E-state index in [2.05, 4.69) is 24.3 Å². The molecule has 0 N–H and O–H groups in total. The van der Waals surface area contributed by atoms with Crippen LogP contribution in [0.1, 0.15) is 5.56 Å². The molecule has 3 heteroatoms. The van der Waals surface area contributed by atoms with Crippen molar-refractivity contribution in [3.63, 3.8) is 0 Å². The van der Waals surface area contributed by atoms with Crippen LogP contribution in [-0.4, -0.2) is 12.3 Å². The van der Waals surface area contributed by atoms with Crippen LogP contribution < -0.4 is 10.6 Å². The van der Waals surface area contributed by atoms with Crippen molar-refractivity contribution in [3.05, 3.63) is 96.6 Å². The van der Waals surface area contributed by atoms with Gasteiger partial charge in [-0.05, 0) is 24.1 Å². The van der Waals surface area contributed by atoms with Crippen LogP contribution in [0.5, 0.6) is 0 Å². The Morgan fingerprint density at radius 1 is 0.708 bits per heavy atom. The maximum atomic E-state index is 12.2. The van der Waals surface area contributed by atoms with Gasteiger partial charge < -0.3 is 4.74 Å². The Kier molecular flexibility index (Phi) is 5.76. The fourth-order valence-corrected chi connectivity index (χ4v) is 4.40. The summed E-state index contributed by atoms with van der Waals surface area (Å²) in [6.45, 7) is 0. The quantitative estimate of drug-likeness (QED) is 0.505. The van der Waals surface area contributed by atoms with Crippen LogP contribution in [0.3, 0.4) is 0 Å². The molecular weight excluding hydrogens is 315 g/mol. The average molecular weight is 334 g/mol. The smallest absolute Gasteiger partial charge is 0.310 e. The number of benzene rings is 3. The van der Waals surface area contributed by atoms with Crippen LogP contribution in [0.4, 0.5) is 0 Å². The Morgan fingerprint density at radius 3 is 1.67 bits per heavy atom. The van der Waals surface area contributed by atoms with E-state index in [9.17, 15) is 4.79 Å². The van der Waals surface area contributed by atoms with Gasteiger partial charge in [0, 0.05) is 0 Å². The summed E-state index contributed by atoms with van der Waals surface area (Å²) in [4.78, 5) is 12.2. The van der Waals surface area contributed by atoms with E-state index < -0.39 is 7.92 Å². The Bertz CT molecular complexity index is 718. The molecule has 3 aromatic carbocycles. The number of hydrogen-bond donors (Lipinski definition) is 0. The van der Waals surface area contributed by atoms with Crippen molar-refractivity contribution < 1.29 is 9.53 Å². The highest BCUT2D eigenvalue weighted by atomic mass is 31.1. The highest BCUT2D eigenvalue weighted by molar-refractivity contribution is 7.72. The first kappa shape index (κ1) is 16.4. The minimum Gasteiger partial charge on any atom is -0.460 e. The number of ether oxygens (including phenoxy) is 1.